The lowest BCUT2D eigenvalue weighted by Crippen LogP contribution is -2.46. The number of phenolic OH excluding ortho intramolecular Hbond substituents is 2. The summed E-state index contributed by atoms with van der Waals surface area (Å²) in [6.45, 7) is 19.3. The SMILES string of the molecule is CC(C)=CCc1ccc(O)c2c1C(c1cc(C)cc3c1OC(C(C)(C)O)CO3)=NC2=C1N=C(c2cc(C)cc3c2OC(C(C)(C)O)CO3)c2c(CC=C(C)C)ccc(O)c21. The first-order chi connectivity index (χ1) is 28.3. The van der Waals surface area contributed by atoms with E-state index in [0.717, 1.165) is 33.4 Å². The highest BCUT2D eigenvalue weighted by atomic mass is 16.6. The Kier molecular flexibility index (Phi) is 10.2. The smallest absolute Gasteiger partial charge is 0.171 e. The van der Waals surface area contributed by atoms with Crippen molar-refractivity contribution in [2.45, 2.75) is 105 Å². The molecule has 0 saturated heterocycles. The summed E-state index contributed by atoms with van der Waals surface area (Å²) in [4.78, 5) is 10.8. The molecule has 2 atom stereocenters. The first-order valence-corrected chi connectivity index (χ1v) is 20.5. The highest BCUT2D eigenvalue weighted by Gasteiger charge is 2.41. The number of benzene rings is 4. The van der Waals surface area contributed by atoms with Crippen molar-refractivity contribution in [2.24, 2.45) is 9.98 Å². The maximum absolute atomic E-state index is 12.0. The average Bonchev–Trinajstić information content (AvgIpc) is 3.77. The number of aliphatic imine (C=N–C) groups is 2. The first-order valence-electron chi connectivity index (χ1n) is 20.5. The zero-order valence-electron chi connectivity index (χ0n) is 36.1. The molecule has 8 rings (SSSR count). The number of rotatable bonds is 8. The van der Waals surface area contributed by atoms with E-state index >= 15 is 0 Å². The van der Waals surface area contributed by atoms with E-state index in [1.807, 2.05) is 77.9 Å². The van der Waals surface area contributed by atoms with Gasteiger partial charge in [-0.2, -0.15) is 0 Å². The van der Waals surface area contributed by atoms with Crippen LogP contribution < -0.4 is 18.9 Å². The molecule has 4 aliphatic heterocycles. The highest BCUT2D eigenvalue weighted by molar-refractivity contribution is 6.29. The normalized spacial score (nSPS) is 19.0. The van der Waals surface area contributed by atoms with Gasteiger partial charge in [-0.05, 0) is 141 Å². The number of allylic oxidation sites excluding steroid dienone is 4. The molecule has 0 bridgehead atoms. The lowest BCUT2D eigenvalue weighted by atomic mass is 9.88. The zero-order chi connectivity index (χ0) is 43.0. The number of phenols is 2. The molecule has 10 heteroatoms. The fourth-order valence-corrected chi connectivity index (χ4v) is 8.11. The Hall–Kier alpha value is -5.84. The van der Waals surface area contributed by atoms with Gasteiger partial charge in [0.1, 0.15) is 36.1 Å². The van der Waals surface area contributed by atoms with Crippen LogP contribution >= 0.6 is 0 Å². The van der Waals surface area contributed by atoms with Crippen molar-refractivity contribution < 1.29 is 39.4 Å². The molecule has 60 heavy (non-hydrogen) atoms. The molecule has 4 aliphatic rings. The quantitative estimate of drug-likeness (QED) is 0.129. The van der Waals surface area contributed by atoms with Gasteiger partial charge in [-0.25, -0.2) is 9.98 Å². The molecule has 0 fully saturated rings. The van der Waals surface area contributed by atoms with Crippen molar-refractivity contribution in [3.05, 3.63) is 127 Å². The van der Waals surface area contributed by atoms with Crippen LogP contribution in [0.5, 0.6) is 34.5 Å². The maximum atomic E-state index is 12.0. The van der Waals surface area contributed by atoms with E-state index in [9.17, 15) is 20.4 Å². The molecule has 10 nitrogen and oxygen atoms in total. The predicted octanol–water partition coefficient (Wildman–Crippen LogP) is 9.08. The highest BCUT2D eigenvalue weighted by Crippen LogP contribution is 2.52. The number of aryl methyl sites for hydroxylation is 2. The van der Waals surface area contributed by atoms with Crippen LogP contribution in [0.4, 0.5) is 0 Å². The van der Waals surface area contributed by atoms with Crippen LogP contribution in [0, 0.1) is 13.8 Å². The number of aromatic hydroxyl groups is 2. The molecule has 0 spiro atoms. The molecule has 0 aromatic heterocycles. The van der Waals surface area contributed by atoms with Gasteiger partial charge in [0.25, 0.3) is 0 Å². The number of hydrogen-bond acceptors (Lipinski definition) is 10. The van der Waals surface area contributed by atoms with Crippen LogP contribution in [-0.2, 0) is 12.8 Å². The molecule has 312 valence electrons. The fourth-order valence-electron chi connectivity index (χ4n) is 8.11. The Morgan fingerprint density at radius 3 is 1.35 bits per heavy atom. The summed E-state index contributed by atoms with van der Waals surface area (Å²) >= 11 is 0. The molecule has 0 amide bonds. The second-order valence-corrected chi connectivity index (χ2v) is 18.0. The summed E-state index contributed by atoms with van der Waals surface area (Å²) in [5.74, 6) is 1.96. The largest absolute Gasteiger partial charge is 0.507 e. The van der Waals surface area contributed by atoms with E-state index < -0.39 is 23.4 Å². The minimum atomic E-state index is -1.20. The molecule has 4 aromatic rings. The summed E-state index contributed by atoms with van der Waals surface area (Å²) in [7, 11) is 0. The predicted molar refractivity (Wildman–Crippen MR) is 235 cm³/mol. The van der Waals surface area contributed by atoms with Gasteiger partial charge >= 0.3 is 0 Å². The second-order valence-electron chi connectivity index (χ2n) is 18.0. The molecule has 0 aliphatic carbocycles. The standard InChI is InChI=1S/C50H54N2O8/c1-25(2)11-13-29-15-17-33(53)41-39(29)43(31-19-27(5)21-35-47(31)59-37(23-57-35)49(7,8)55)51-45(41)46-42-34(54)18-16-30(14-12-26(3)4)40(42)44(52-46)32-20-28(6)22-36-48(32)60-38(24-58-36)50(9,10)56/h11-12,15-22,37-38,53-56H,13-14,23-24H2,1-10H3. The van der Waals surface area contributed by atoms with Crippen molar-refractivity contribution >= 4 is 22.8 Å². The van der Waals surface area contributed by atoms with Crippen molar-refractivity contribution in [1.29, 1.82) is 0 Å². The molecular weight excluding hydrogens is 757 g/mol. The van der Waals surface area contributed by atoms with E-state index in [0.29, 0.717) is 92.0 Å². The van der Waals surface area contributed by atoms with Gasteiger partial charge < -0.3 is 39.4 Å². The van der Waals surface area contributed by atoms with E-state index in [-0.39, 0.29) is 24.7 Å². The van der Waals surface area contributed by atoms with E-state index in [4.69, 9.17) is 28.9 Å². The summed E-state index contributed by atoms with van der Waals surface area (Å²) < 4.78 is 25.7. The van der Waals surface area contributed by atoms with Gasteiger partial charge in [-0.3, -0.25) is 0 Å². The Bertz CT molecular complexity index is 2430. The van der Waals surface area contributed by atoms with Crippen LogP contribution in [0.2, 0.25) is 0 Å². The topological polar surface area (TPSA) is 143 Å². The van der Waals surface area contributed by atoms with Gasteiger partial charge in [0.15, 0.2) is 35.2 Å². The van der Waals surface area contributed by atoms with Gasteiger partial charge in [0.05, 0.1) is 33.8 Å². The van der Waals surface area contributed by atoms with Crippen molar-refractivity contribution in [3.8, 4) is 34.5 Å². The first kappa shape index (κ1) is 40.9. The Balaban J connectivity index is 1.46. The molecule has 4 aromatic carbocycles. The average molecular weight is 811 g/mol. The van der Waals surface area contributed by atoms with Crippen LogP contribution in [0.3, 0.4) is 0 Å². The lowest BCUT2D eigenvalue weighted by Gasteiger charge is -2.35. The maximum Gasteiger partial charge on any atom is 0.171 e. The second kappa shape index (κ2) is 15.0. The Morgan fingerprint density at radius 1 is 0.617 bits per heavy atom. The third kappa shape index (κ3) is 7.36. The monoisotopic (exact) mass is 810 g/mol. The molecule has 4 heterocycles. The fraction of sp³-hybridized carbons (Fsp3) is 0.360. The van der Waals surface area contributed by atoms with E-state index in [1.165, 1.54) is 0 Å². The third-order valence-electron chi connectivity index (χ3n) is 11.4. The van der Waals surface area contributed by atoms with E-state index in [2.05, 4.69) is 12.2 Å². The third-order valence-corrected chi connectivity index (χ3v) is 11.4. The van der Waals surface area contributed by atoms with Crippen LogP contribution in [-0.4, -0.2) is 68.5 Å². The summed E-state index contributed by atoms with van der Waals surface area (Å²) in [5.41, 5.74) is 9.02. The van der Waals surface area contributed by atoms with Gasteiger partial charge in [0, 0.05) is 22.3 Å². The van der Waals surface area contributed by atoms with Crippen LogP contribution in [0.1, 0.15) is 111 Å². The number of ether oxygens (including phenoxy) is 4. The minimum absolute atomic E-state index is 0.00308. The van der Waals surface area contributed by atoms with Crippen molar-refractivity contribution in [3.63, 3.8) is 0 Å². The summed E-state index contributed by atoms with van der Waals surface area (Å²) in [6, 6.07) is 15.0. The Labute approximate surface area is 351 Å². The van der Waals surface area contributed by atoms with Crippen molar-refractivity contribution in [2.75, 3.05) is 13.2 Å². The summed E-state index contributed by atoms with van der Waals surface area (Å²) in [6.07, 6.45) is 4.07. The molecular formula is C50H54N2O8. The minimum Gasteiger partial charge on any atom is -0.507 e. The molecule has 0 radical (unpaired) electrons. The number of nitrogens with zero attached hydrogens (tertiary/aromatic N) is 2. The number of hydrogen-bond donors (Lipinski definition) is 4. The van der Waals surface area contributed by atoms with E-state index in [1.54, 1.807) is 39.8 Å². The van der Waals surface area contributed by atoms with Crippen LogP contribution in [0.25, 0.3) is 11.4 Å². The molecule has 4 N–H and O–H groups in total. The lowest BCUT2D eigenvalue weighted by molar-refractivity contribution is -0.0655. The van der Waals surface area contributed by atoms with Gasteiger partial charge in [0.2, 0.25) is 0 Å². The number of aliphatic hydroxyl groups is 2. The molecule has 0 saturated carbocycles. The summed E-state index contributed by atoms with van der Waals surface area (Å²) in [5, 5.41) is 46.0. The number of fused-ring (bicyclic) bond motifs is 4. The Morgan fingerprint density at radius 2 is 1.00 bits per heavy atom. The van der Waals surface area contributed by atoms with Gasteiger partial charge in [-0.15, -0.1) is 0 Å². The van der Waals surface area contributed by atoms with Crippen LogP contribution in [0.15, 0.2) is 81.8 Å². The molecule has 2 unspecified atom stereocenters. The van der Waals surface area contributed by atoms with Gasteiger partial charge in [-0.1, -0.05) is 35.4 Å². The zero-order valence-corrected chi connectivity index (χ0v) is 36.1. The van der Waals surface area contributed by atoms with Crippen molar-refractivity contribution in [1.82, 2.24) is 0 Å².